The van der Waals surface area contributed by atoms with E-state index in [4.69, 9.17) is 5.26 Å². The molecular formula is C15H20N2O. The van der Waals surface area contributed by atoms with Gasteiger partial charge in [0.1, 0.15) is 6.07 Å². The van der Waals surface area contributed by atoms with Crippen molar-refractivity contribution < 1.29 is 5.11 Å². The number of nitrogens with zero attached hydrogens (tertiary/aromatic N) is 1. The zero-order chi connectivity index (χ0) is 13.0. The van der Waals surface area contributed by atoms with Crippen LogP contribution in [0.3, 0.4) is 0 Å². The second-order valence-corrected chi connectivity index (χ2v) is 5.44. The number of nitrogens with one attached hydrogen (secondary N) is 1. The minimum Gasteiger partial charge on any atom is -0.388 e. The van der Waals surface area contributed by atoms with Crippen LogP contribution in [0.1, 0.15) is 38.2 Å². The molecule has 0 saturated heterocycles. The largest absolute Gasteiger partial charge is 0.388 e. The molecule has 3 nitrogen and oxygen atoms in total. The van der Waals surface area contributed by atoms with E-state index in [1.807, 2.05) is 18.2 Å². The lowest BCUT2D eigenvalue weighted by molar-refractivity contribution is -0.000763. The maximum Gasteiger partial charge on any atom is 0.101 e. The minimum atomic E-state index is -0.625. The van der Waals surface area contributed by atoms with Crippen LogP contribution >= 0.6 is 0 Å². The smallest absolute Gasteiger partial charge is 0.101 e. The Hall–Kier alpha value is -1.53. The second kappa shape index (κ2) is 5.41. The summed E-state index contributed by atoms with van der Waals surface area (Å²) in [5.74, 6) is 0.580. The third kappa shape index (κ3) is 3.02. The van der Waals surface area contributed by atoms with Crippen LogP contribution in [-0.2, 0) is 0 Å². The molecule has 0 bridgehead atoms. The van der Waals surface area contributed by atoms with Crippen molar-refractivity contribution in [3.8, 4) is 6.07 Å². The van der Waals surface area contributed by atoms with E-state index < -0.39 is 5.60 Å². The van der Waals surface area contributed by atoms with Gasteiger partial charge in [-0.25, -0.2) is 0 Å². The molecule has 1 aromatic rings. The van der Waals surface area contributed by atoms with Crippen molar-refractivity contribution in [1.29, 1.82) is 5.26 Å². The summed E-state index contributed by atoms with van der Waals surface area (Å²) in [6.45, 7) is 2.71. The fourth-order valence-electron chi connectivity index (χ4n) is 2.79. The number of anilines is 1. The molecule has 2 unspecified atom stereocenters. The third-order valence-electron chi connectivity index (χ3n) is 3.72. The van der Waals surface area contributed by atoms with Crippen LogP contribution < -0.4 is 5.32 Å². The number of benzene rings is 1. The summed E-state index contributed by atoms with van der Waals surface area (Å²) in [4.78, 5) is 0. The summed E-state index contributed by atoms with van der Waals surface area (Å²) in [5.41, 5.74) is 0.817. The van der Waals surface area contributed by atoms with Crippen LogP contribution in [0.25, 0.3) is 0 Å². The van der Waals surface area contributed by atoms with Crippen molar-refractivity contribution in [2.45, 2.75) is 38.2 Å². The first-order valence-electron chi connectivity index (χ1n) is 6.58. The third-order valence-corrected chi connectivity index (χ3v) is 3.72. The molecule has 1 saturated carbocycles. The van der Waals surface area contributed by atoms with Crippen LogP contribution in [0.4, 0.5) is 5.69 Å². The van der Waals surface area contributed by atoms with E-state index in [-0.39, 0.29) is 0 Å². The van der Waals surface area contributed by atoms with Gasteiger partial charge in [-0.1, -0.05) is 31.9 Å². The summed E-state index contributed by atoms with van der Waals surface area (Å²) in [7, 11) is 0. The van der Waals surface area contributed by atoms with Crippen molar-refractivity contribution in [2.75, 3.05) is 11.9 Å². The summed E-state index contributed by atoms with van der Waals surface area (Å²) < 4.78 is 0. The molecule has 1 aromatic carbocycles. The average molecular weight is 244 g/mol. The summed E-state index contributed by atoms with van der Waals surface area (Å²) in [6.07, 6.45) is 3.98. The highest BCUT2D eigenvalue weighted by molar-refractivity contribution is 5.57. The molecule has 1 fully saturated rings. The minimum absolute atomic E-state index is 0.524. The molecule has 0 heterocycles. The first kappa shape index (κ1) is 12.9. The lowest BCUT2D eigenvalue weighted by Gasteiger charge is -2.36. The summed E-state index contributed by atoms with van der Waals surface area (Å²) >= 11 is 0. The predicted octanol–water partition coefficient (Wildman–Crippen LogP) is 2.91. The van der Waals surface area contributed by atoms with Gasteiger partial charge in [0.2, 0.25) is 0 Å². The fraction of sp³-hybridized carbons (Fsp3) is 0.533. The topological polar surface area (TPSA) is 56.0 Å². The van der Waals surface area contributed by atoms with Gasteiger partial charge in [-0.05, 0) is 30.9 Å². The van der Waals surface area contributed by atoms with Gasteiger partial charge in [-0.3, -0.25) is 0 Å². The molecule has 2 rings (SSSR count). The van der Waals surface area contributed by atoms with E-state index in [9.17, 15) is 5.11 Å². The number of aliphatic hydroxyl groups is 1. The Balaban J connectivity index is 2.01. The van der Waals surface area contributed by atoms with Crippen molar-refractivity contribution >= 4 is 5.69 Å². The molecular weight excluding hydrogens is 224 g/mol. The number of nitriles is 1. The zero-order valence-corrected chi connectivity index (χ0v) is 10.8. The Morgan fingerprint density at radius 3 is 3.00 bits per heavy atom. The normalized spacial score (nSPS) is 27.5. The molecule has 0 radical (unpaired) electrons. The Morgan fingerprint density at radius 1 is 1.50 bits per heavy atom. The van der Waals surface area contributed by atoms with Crippen LogP contribution in [-0.4, -0.2) is 17.3 Å². The van der Waals surface area contributed by atoms with Gasteiger partial charge in [0.05, 0.1) is 16.9 Å². The van der Waals surface area contributed by atoms with Gasteiger partial charge < -0.3 is 10.4 Å². The van der Waals surface area contributed by atoms with Crippen LogP contribution in [0, 0.1) is 17.2 Å². The lowest BCUT2D eigenvalue weighted by Crippen LogP contribution is -2.41. The molecule has 3 heteroatoms. The van der Waals surface area contributed by atoms with Crippen molar-refractivity contribution in [3.05, 3.63) is 29.8 Å². The maximum atomic E-state index is 10.5. The number of hydrogen-bond acceptors (Lipinski definition) is 3. The van der Waals surface area contributed by atoms with E-state index in [1.54, 1.807) is 6.07 Å². The van der Waals surface area contributed by atoms with E-state index in [1.165, 1.54) is 6.42 Å². The fourth-order valence-corrected chi connectivity index (χ4v) is 2.79. The van der Waals surface area contributed by atoms with E-state index in [2.05, 4.69) is 18.3 Å². The molecule has 2 N–H and O–H groups in total. The molecule has 0 amide bonds. The SMILES string of the molecule is CC1CCCC(O)(CNc2ccccc2C#N)C1. The quantitative estimate of drug-likeness (QED) is 0.859. The lowest BCUT2D eigenvalue weighted by atomic mass is 9.79. The maximum absolute atomic E-state index is 10.5. The van der Waals surface area contributed by atoms with E-state index >= 15 is 0 Å². The second-order valence-electron chi connectivity index (χ2n) is 5.44. The highest BCUT2D eigenvalue weighted by Gasteiger charge is 2.32. The number of para-hydroxylation sites is 1. The van der Waals surface area contributed by atoms with Crippen molar-refractivity contribution in [2.24, 2.45) is 5.92 Å². The van der Waals surface area contributed by atoms with Gasteiger partial charge in [0.25, 0.3) is 0 Å². The van der Waals surface area contributed by atoms with Gasteiger partial charge in [-0.2, -0.15) is 5.26 Å². The Morgan fingerprint density at radius 2 is 2.28 bits per heavy atom. The predicted molar refractivity (Wildman–Crippen MR) is 72.2 cm³/mol. The molecule has 2 atom stereocenters. The van der Waals surface area contributed by atoms with Crippen molar-refractivity contribution in [3.63, 3.8) is 0 Å². The van der Waals surface area contributed by atoms with Gasteiger partial charge in [0.15, 0.2) is 0 Å². The molecule has 0 aliphatic heterocycles. The standard InChI is InChI=1S/C15H20N2O/c1-12-5-4-8-15(18,9-12)11-17-14-7-3-2-6-13(14)10-16/h2-3,6-7,12,17-18H,4-5,8-9,11H2,1H3. The summed E-state index contributed by atoms with van der Waals surface area (Å²) in [5, 5.41) is 22.8. The van der Waals surface area contributed by atoms with E-state index in [0.29, 0.717) is 18.0 Å². The van der Waals surface area contributed by atoms with E-state index in [0.717, 1.165) is 24.9 Å². The van der Waals surface area contributed by atoms with Crippen LogP contribution in [0.2, 0.25) is 0 Å². The number of hydrogen-bond donors (Lipinski definition) is 2. The highest BCUT2D eigenvalue weighted by atomic mass is 16.3. The average Bonchev–Trinajstić information content (AvgIpc) is 2.36. The number of rotatable bonds is 3. The first-order chi connectivity index (χ1) is 8.63. The zero-order valence-electron chi connectivity index (χ0n) is 10.8. The molecule has 18 heavy (non-hydrogen) atoms. The molecule has 0 aromatic heterocycles. The molecule has 96 valence electrons. The van der Waals surface area contributed by atoms with Gasteiger partial charge in [0, 0.05) is 6.54 Å². The first-order valence-corrected chi connectivity index (χ1v) is 6.58. The van der Waals surface area contributed by atoms with Crippen molar-refractivity contribution in [1.82, 2.24) is 0 Å². The molecule has 1 aliphatic rings. The van der Waals surface area contributed by atoms with Gasteiger partial charge in [-0.15, -0.1) is 0 Å². The van der Waals surface area contributed by atoms with Crippen LogP contribution in [0.5, 0.6) is 0 Å². The molecule has 0 spiro atoms. The summed E-state index contributed by atoms with van der Waals surface area (Å²) in [6, 6.07) is 9.58. The van der Waals surface area contributed by atoms with Gasteiger partial charge >= 0.3 is 0 Å². The Labute approximate surface area is 108 Å². The molecule has 1 aliphatic carbocycles. The van der Waals surface area contributed by atoms with Crippen LogP contribution in [0.15, 0.2) is 24.3 Å². The Kier molecular flexibility index (Phi) is 3.88. The monoisotopic (exact) mass is 244 g/mol. The Bertz CT molecular complexity index is 452. The highest BCUT2D eigenvalue weighted by Crippen LogP contribution is 2.32.